The largest absolute Gasteiger partial charge is 0.741 e. The smallest absolute Gasteiger partial charge is 0.485 e. The molecule has 19 heavy (non-hydrogen) atoms. The van der Waals surface area contributed by atoms with Crippen LogP contribution in [-0.2, 0) is 23.1 Å². The number of halogens is 3. The van der Waals surface area contributed by atoms with Crippen molar-refractivity contribution in [2.45, 2.75) is 38.7 Å². The molecule has 0 saturated heterocycles. The van der Waals surface area contributed by atoms with Gasteiger partial charge in [0.1, 0.15) is 6.54 Å². The molecule has 0 unspecified atom stereocenters. The maximum absolute atomic E-state index is 10.7. The van der Waals surface area contributed by atoms with Crippen LogP contribution < -0.4 is 4.57 Å². The number of aryl methyl sites for hydroxylation is 2. The van der Waals surface area contributed by atoms with Crippen molar-refractivity contribution >= 4 is 10.1 Å². The van der Waals surface area contributed by atoms with Gasteiger partial charge in [0.05, 0.1) is 0 Å². The summed E-state index contributed by atoms with van der Waals surface area (Å²) in [4.78, 5) is 0. The first-order valence-electron chi connectivity index (χ1n) is 5.62. The van der Waals surface area contributed by atoms with E-state index in [9.17, 15) is 13.2 Å². The van der Waals surface area contributed by atoms with E-state index in [2.05, 4.69) is 42.9 Å². The molecular weight excluding hydrogens is 283 g/mol. The molecule has 0 N–H and O–H groups in total. The molecule has 0 radical (unpaired) electrons. The highest BCUT2D eigenvalue weighted by molar-refractivity contribution is 7.86. The Morgan fingerprint density at radius 2 is 1.63 bits per heavy atom. The SMILES string of the molecule is CCCc1cc[n+](CC)cc1.O=S(=O)([O-])C(F)(F)F. The van der Waals surface area contributed by atoms with Gasteiger partial charge in [-0.05, 0) is 18.9 Å². The van der Waals surface area contributed by atoms with Crippen molar-refractivity contribution in [2.24, 2.45) is 0 Å². The topological polar surface area (TPSA) is 61.1 Å². The maximum atomic E-state index is 10.7. The van der Waals surface area contributed by atoms with E-state index in [0.717, 1.165) is 6.54 Å². The molecule has 110 valence electrons. The summed E-state index contributed by atoms with van der Waals surface area (Å²) in [6.07, 6.45) is 6.72. The molecule has 0 aliphatic heterocycles. The van der Waals surface area contributed by atoms with Gasteiger partial charge in [-0.2, -0.15) is 13.2 Å². The van der Waals surface area contributed by atoms with Crippen LogP contribution in [0, 0.1) is 0 Å². The number of hydrogen-bond acceptors (Lipinski definition) is 3. The van der Waals surface area contributed by atoms with Gasteiger partial charge >= 0.3 is 5.51 Å². The van der Waals surface area contributed by atoms with Crippen LogP contribution in [-0.4, -0.2) is 18.5 Å². The Morgan fingerprint density at radius 1 is 1.21 bits per heavy atom. The molecule has 0 fully saturated rings. The van der Waals surface area contributed by atoms with E-state index in [4.69, 9.17) is 13.0 Å². The second-order valence-corrected chi connectivity index (χ2v) is 5.06. The summed E-state index contributed by atoms with van der Waals surface area (Å²) in [5, 5.41) is 0. The fourth-order valence-corrected chi connectivity index (χ4v) is 1.15. The highest BCUT2D eigenvalue weighted by Crippen LogP contribution is 2.20. The van der Waals surface area contributed by atoms with Gasteiger partial charge < -0.3 is 4.55 Å². The van der Waals surface area contributed by atoms with Crippen molar-refractivity contribution in [2.75, 3.05) is 0 Å². The Labute approximate surface area is 110 Å². The number of alkyl halides is 3. The number of aromatic nitrogens is 1. The van der Waals surface area contributed by atoms with Gasteiger partial charge in [0.2, 0.25) is 0 Å². The minimum atomic E-state index is -6.09. The second kappa shape index (κ2) is 7.44. The molecule has 1 aromatic heterocycles. The highest BCUT2D eigenvalue weighted by atomic mass is 32.2. The third kappa shape index (κ3) is 7.12. The van der Waals surface area contributed by atoms with Gasteiger partial charge in [0.15, 0.2) is 22.5 Å². The Bertz CT molecular complexity index is 469. The lowest BCUT2D eigenvalue weighted by Gasteiger charge is -2.08. The lowest BCUT2D eigenvalue weighted by molar-refractivity contribution is -0.693. The molecule has 1 heterocycles. The van der Waals surface area contributed by atoms with Gasteiger partial charge in [-0.1, -0.05) is 13.3 Å². The average Bonchev–Trinajstić information content (AvgIpc) is 2.29. The third-order valence-corrected chi connectivity index (χ3v) is 2.71. The molecule has 1 aromatic rings. The molecule has 0 saturated carbocycles. The Balaban J connectivity index is 0.000000362. The predicted molar refractivity (Wildman–Crippen MR) is 62.1 cm³/mol. The van der Waals surface area contributed by atoms with Crippen LogP contribution in [0.15, 0.2) is 24.5 Å². The monoisotopic (exact) mass is 299 g/mol. The van der Waals surface area contributed by atoms with Gasteiger partial charge in [-0.25, -0.2) is 13.0 Å². The first-order valence-corrected chi connectivity index (χ1v) is 7.02. The predicted octanol–water partition coefficient (Wildman–Crippen LogP) is 2.00. The van der Waals surface area contributed by atoms with Crippen LogP contribution in [0.3, 0.4) is 0 Å². The van der Waals surface area contributed by atoms with Crippen molar-refractivity contribution in [3.05, 3.63) is 30.1 Å². The molecule has 4 nitrogen and oxygen atoms in total. The van der Waals surface area contributed by atoms with E-state index < -0.39 is 15.6 Å². The fraction of sp³-hybridized carbons (Fsp3) is 0.545. The van der Waals surface area contributed by atoms with Gasteiger partial charge in [-0.3, -0.25) is 0 Å². The minimum Gasteiger partial charge on any atom is -0.741 e. The minimum absolute atomic E-state index is 1.06. The van der Waals surface area contributed by atoms with Crippen LogP contribution >= 0.6 is 0 Å². The molecule has 0 atom stereocenters. The van der Waals surface area contributed by atoms with Crippen LogP contribution in [0.2, 0.25) is 0 Å². The van der Waals surface area contributed by atoms with Crippen molar-refractivity contribution in [1.29, 1.82) is 0 Å². The van der Waals surface area contributed by atoms with E-state index in [1.807, 2.05) is 0 Å². The van der Waals surface area contributed by atoms with Crippen molar-refractivity contribution in [3.63, 3.8) is 0 Å². The lowest BCUT2D eigenvalue weighted by Crippen LogP contribution is -2.30. The van der Waals surface area contributed by atoms with Crippen molar-refractivity contribution in [3.8, 4) is 0 Å². The number of pyridine rings is 1. The van der Waals surface area contributed by atoms with Crippen molar-refractivity contribution < 1.29 is 30.7 Å². The van der Waals surface area contributed by atoms with Crippen LogP contribution in [0.1, 0.15) is 25.8 Å². The van der Waals surface area contributed by atoms with E-state index in [-0.39, 0.29) is 0 Å². The Morgan fingerprint density at radius 3 is 1.89 bits per heavy atom. The normalized spacial score (nSPS) is 11.7. The van der Waals surface area contributed by atoms with E-state index in [1.54, 1.807) is 0 Å². The maximum Gasteiger partial charge on any atom is 0.485 e. The van der Waals surface area contributed by atoms with E-state index >= 15 is 0 Å². The first-order chi connectivity index (χ1) is 8.61. The molecule has 0 spiro atoms. The summed E-state index contributed by atoms with van der Waals surface area (Å²) in [5.74, 6) is 0. The third-order valence-electron chi connectivity index (χ3n) is 2.15. The molecule has 0 aromatic carbocycles. The standard InChI is InChI=1S/C10H16N.CHF3O3S/c1-3-5-10-6-8-11(4-2)9-7-10;2-1(3,4)8(5,6)7/h6-9H,3-5H2,1-2H3;(H,5,6,7)/q+1;/p-1. The molecule has 0 bridgehead atoms. The Kier molecular flexibility index (Phi) is 6.99. The zero-order valence-corrected chi connectivity index (χ0v) is 11.5. The van der Waals surface area contributed by atoms with Gasteiger partial charge in [0, 0.05) is 12.1 Å². The summed E-state index contributed by atoms with van der Waals surface area (Å²) in [6, 6.07) is 4.40. The molecule has 1 rings (SSSR count). The van der Waals surface area contributed by atoms with Crippen LogP contribution in [0.25, 0.3) is 0 Å². The average molecular weight is 299 g/mol. The fourth-order valence-electron chi connectivity index (χ4n) is 1.15. The Hall–Kier alpha value is -1.15. The zero-order chi connectivity index (χ0) is 15.1. The number of rotatable bonds is 3. The quantitative estimate of drug-likeness (QED) is 0.487. The summed E-state index contributed by atoms with van der Waals surface area (Å²) in [7, 11) is -6.09. The summed E-state index contributed by atoms with van der Waals surface area (Å²) in [5.41, 5.74) is -4.20. The summed E-state index contributed by atoms with van der Waals surface area (Å²) < 4.78 is 61.1. The molecule has 0 amide bonds. The van der Waals surface area contributed by atoms with E-state index in [1.165, 1.54) is 18.4 Å². The molecule has 0 aliphatic rings. The second-order valence-electron chi connectivity index (χ2n) is 3.69. The van der Waals surface area contributed by atoms with Crippen LogP contribution in [0.5, 0.6) is 0 Å². The van der Waals surface area contributed by atoms with Gasteiger partial charge in [0.25, 0.3) is 0 Å². The van der Waals surface area contributed by atoms with E-state index in [0.29, 0.717) is 0 Å². The number of nitrogens with zero attached hydrogens (tertiary/aromatic N) is 1. The van der Waals surface area contributed by atoms with Gasteiger partial charge in [-0.15, -0.1) is 0 Å². The summed E-state index contributed by atoms with van der Waals surface area (Å²) >= 11 is 0. The van der Waals surface area contributed by atoms with Crippen LogP contribution in [0.4, 0.5) is 13.2 Å². The first kappa shape index (κ1) is 17.8. The molecular formula is C11H16F3NO3S. The summed E-state index contributed by atoms with van der Waals surface area (Å²) in [6.45, 7) is 5.42. The zero-order valence-electron chi connectivity index (χ0n) is 10.6. The lowest BCUT2D eigenvalue weighted by atomic mass is 10.2. The number of hydrogen-bond donors (Lipinski definition) is 0. The van der Waals surface area contributed by atoms with Crippen molar-refractivity contribution in [1.82, 2.24) is 0 Å². The molecule has 8 heteroatoms. The molecule has 0 aliphatic carbocycles. The highest BCUT2D eigenvalue weighted by Gasteiger charge is 2.36.